The van der Waals surface area contributed by atoms with Gasteiger partial charge in [0.1, 0.15) is 5.75 Å². The molecule has 1 N–H and O–H groups in total. The summed E-state index contributed by atoms with van der Waals surface area (Å²) in [6, 6.07) is 7.48. The van der Waals surface area contributed by atoms with Gasteiger partial charge in [-0.3, -0.25) is 4.79 Å². The van der Waals surface area contributed by atoms with Gasteiger partial charge in [-0.1, -0.05) is 0 Å². The summed E-state index contributed by atoms with van der Waals surface area (Å²) in [5, 5.41) is 2.48. The number of carbonyl (C=O) groups excluding carboxylic acids is 1. The van der Waals surface area contributed by atoms with Crippen molar-refractivity contribution in [1.82, 2.24) is 0 Å². The van der Waals surface area contributed by atoms with Crippen LogP contribution in [0.1, 0.15) is 11.0 Å². The number of anilines is 1. The third-order valence-electron chi connectivity index (χ3n) is 3.02. The van der Waals surface area contributed by atoms with Crippen LogP contribution in [0.25, 0.3) is 0 Å². The highest BCUT2D eigenvalue weighted by Gasteiger charge is 2.61. The van der Waals surface area contributed by atoms with Crippen molar-refractivity contribution in [1.29, 1.82) is 0 Å². The van der Waals surface area contributed by atoms with E-state index >= 15 is 0 Å². The molecule has 0 radical (unpaired) electrons. The monoisotopic (exact) mass is 459 g/mol. The van der Waals surface area contributed by atoms with Gasteiger partial charge in [0.2, 0.25) is 0 Å². The molecule has 0 saturated heterocycles. The van der Waals surface area contributed by atoms with Gasteiger partial charge in [-0.25, -0.2) is 0 Å². The maximum Gasteiger partial charge on any atom is 0.499 e. The van der Waals surface area contributed by atoms with Gasteiger partial charge in [-0.15, -0.1) is 11.3 Å². The van der Waals surface area contributed by atoms with Crippen LogP contribution in [0.2, 0.25) is 0 Å². The normalized spacial score (nSPS) is 13.3. The van der Waals surface area contributed by atoms with Crippen molar-refractivity contribution in [2.75, 3.05) is 12.4 Å². The van der Waals surface area contributed by atoms with E-state index in [0.717, 1.165) is 28.1 Å². The molecule has 1 aromatic heterocycles. The van der Waals surface area contributed by atoms with E-state index in [0.29, 0.717) is 4.88 Å². The molecular formula is C15H11BrF5NO3S. The van der Waals surface area contributed by atoms with Crippen LogP contribution >= 0.6 is 27.3 Å². The second-order valence-electron chi connectivity index (χ2n) is 4.89. The Bertz CT molecular complexity index is 763. The SMILES string of the molecule is COC(C(=O)Nc1ccc(OC(F)(F)C(F)(F)F)cc1)c1ccc(Br)s1. The number of hydrogen-bond donors (Lipinski definition) is 1. The van der Waals surface area contributed by atoms with Crippen LogP contribution in [-0.2, 0) is 9.53 Å². The molecule has 4 nitrogen and oxygen atoms in total. The summed E-state index contributed by atoms with van der Waals surface area (Å²) in [5.74, 6) is -1.23. The van der Waals surface area contributed by atoms with Crippen molar-refractivity contribution in [2.24, 2.45) is 0 Å². The van der Waals surface area contributed by atoms with Crippen LogP contribution in [-0.4, -0.2) is 25.3 Å². The number of benzene rings is 1. The fourth-order valence-electron chi connectivity index (χ4n) is 1.84. The number of alkyl halides is 5. The maximum absolute atomic E-state index is 12.8. The Morgan fingerprint density at radius 3 is 2.19 bits per heavy atom. The van der Waals surface area contributed by atoms with Crippen LogP contribution in [0.4, 0.5) is 27.6 Å². The zero-order valence-corrected chi connectivity index (χ0v) is 15.3. The number of methoxy groups -OCH3 is 1. The first-order valence-electron chi connectivity index (χ1n) is 6.86. The molecule has 0 aliphatic rings. The van der Waals surface area contributed by atoms with E-state index in [1.54, 1.807) is 12.1 Å². The molecule has 142 valence electrons. The highest BCUT2D eigenvalue weighted by atomic mass is 79.9. The average molecular weight is 460 g/mol. The molecular weight excluding hydrogens is 449 g/mol. The molecule has 1 amide bonds. The minimum absolute atomic E-state index is 0.176. The van der Waals surface area contributed by atoms with Gasteiger partial charge in [-0.05, 0) is 52.3 Å². The standard InChI is InChI=1S/C15H11BrF5NO3S/c1-24-12(10-6-7-11(16)26-10)13(23)22-8-2-4-9(5-3-8)25-15(20,21)14(17,18)19/h2-7,12H,1H3,(H,22,23). The Labute approximate surface area is 157 Å². The third-order valence-corrected chi connectivity index (χ3v) is 4.69. The van der Waals surface area contributed by atoms with E-state index in [2.05, 4.69) is 26.0 Å². The second-order valence-corrected chi connectivity index (χ2v) is 7.38. The quantitative estimate of drug-likeness (QED) is 0.590. The fraction of sp³-hybridized carbons (Fsp3) is 0.267. The smallest absolute Gasteiger partial charge is 0.426 e. The van der Waals surface area contributed by atoms with Gasteiger partial charge in [-0.2, -0.15) is 22.0 Å². The Hall–Kier alpha value is -1.72. The molecule has 1 atom stereocenters. The first-order chi connectivity index (χ1) is 12.0. The van der Waals surface area contributed by atoms with Crippen molar-refractivity contribution < 1.29 is 36.2 Å². The van der Waals surface area contributed by atoms with E-state index in [-0.39, 0.29) is 5.69 Å². The molecule has 26 heavy (non-hydrogen) atoms. The zero-order valence-electron chi connectivity index (χ0n) is 12.9. The van der Waals surface area contributed by atoms with Gasteiger partial charge < -0.3 is 14.8 Å². The summed E-state index contributed by atoms with van der Waals surface area (Å²) in [7, 11) is 1.34. The summed E-state index contributed by atoms with van der Waals surface area (Å²) < 4.78 is 71.6. The summed E-state index contributed by atoms with van der Waals surface area (Å²) in [4.78, 5) is 12.9. The van der Waals surface area contributed by atoms with Crippen molar-refractivity contribution in [2.45, 2.75) is 18.4 Å². The Kier molecular flexibility index (Phi) is 6.25. The molecule has 0 aliphatic carbocycles. The number of hydrogen-bond acceptors (Lipinski definition) is 4. The van der Waals surface area contributed by atoms with Crippen molar-refractivity contribution >= 4 is 38.9 Å². The number of nitrogens with one attached hydrogen (secondary N) is 1. The highest BCUT2D eigenvalue weighted by molar-refractivity contribution is 9.11. The molecule has 1 unspecified atom stereocenters. The van der Waals surface area contributed by atoms with Gasteiger partial charge in [0.05, 0.1) is 3.79 Å². The van der Waals surface area contributed by atoms with Crippen LogP contribution in [0.3, 0.4) is 0 Å². The molecule has 1 heterocycles. The van der Waals surface area contributed by atoms with Gasteiger partial charge >= 0.3 is 12.3 Å². The van der Waals surface area contributed by atoms with E-state index < -0.39 is 30.0 Å². The Balaban J connectivity index is 2.05. The largest absolute Gasteiger partial charge is 0.499 e. The predicted octanol–water partition coefficient (Wildman–Crippen LogP) is 5.37. The molecule has 11 heteroatoms. The number of carbonyl (C=O) groups is 1. The summed E-state index contributed by atoms with van der Waals surface area (Å²) in [6.45, 7) is 0. The molecule has 1 aromatic carbocycles. The zero-order chi connectivity index (χ0) is 19.5. The lowest BCUT2D eigenvalue weighted by atomic mass is 10.2. The minimum Gasteiger partial charge on any atom is -0.426 e. The maximum atomic E-state index is 12.8. The molecule has 2 rings (SSSR count). The van der Waals surface area contributed by atoms with Crippen molar-refractivity contribution in [3.05, 3.63) is 45.1 Å². The predicted molar refractivity (Wildman–Crippen MR) is 88.5 cm³/mol. The lowest BCUT2D eigenvalue weighted by Crippen LogP contribution is -2.41. The van der Waals surface area contributed by atoms with E-state index in [9.17, 15) is 26.7 Å². The number of rotatable bonds is 6. The average Bonchev–Trinajstić information content (AvgIpc) is 2.95. The summed E-state index contributed by atoms with van der Waals surface area (Å²) in [5.41, 5.74) is 0.176. The lowest BCUT2D eigenvalue weighted by Gasteiger charge is -2.20. The van der Waals surface area contributed by atoms with Crippen molar-refractivity contribution in [3.63, 3.8) is 0 Å². The molecule has 2 aromatic rings. The van der Waals surface area contributed by atoms with Crippen LogP contribution in [0, 0.1) is 0 Å². The topological polar surface area (TPSA) is 47.6 Å². The molecule has 0 bridgehead atoms. The van der Waals surface area contributed by atoms with Gasteiger partial charge in [0.15, 0.2) is 6.10 Å². The number of halogens is 6. The van der Waals surface area contributed by atoms with Crippen molar-refractivity contribution in [3.8, 4) is 5.75 Å². The minimum atomic E-state index is -5.83. The third kappa shape index (κ3) is 4.92. The van der Waals surface area contributed by atoms with Crippen LogP contribution < -0.4 is 10.1 Å². The van der Waals surface area contributed by atoms with Crippen LogP contribution in [0.15, 0.2) is 40.2 Å². The summed E-state index contributed by atoms with van der Waals surface area (Å²) >= 11 is 4.56. The number of ether oxygens (including phenoxy) is 2. The first kappa shape index (κ1) is 20.6. The number of amides is 1. The molecule has 0 spiro atoms. The molecule has 0 saturated carbocycles. The first-order valence-corrected chi connectivity index (χ1v) is 8.47. The van der Waals surface area contributed by atoms with E-state index in [1.807, 2.05) is 0 Å². The highest BCUT2D eigenvalue weighted by Crippen LogP contribution is 2.37. The lowest BCUT2D eigenvalue weighted by molar-refractivity contribution is -0.360. The molecule has 0 fully saturated rings. The van der Waals surface area contributed by atoms with Crippen LogP contribution in [0.5, 0.6) is 5.75 Å². The number of thiophene rings is 1. The summed E-state index contributed by atoms with van der Waals surface area (Å²) in [6.07, 6.45) is -12.1. The van der Waals surface area contributed by atoms with E-state index in [1.165, 1.54) is 18.4 Å². The second kappa shape index (κ2) is 7.89. The Morgan fingerprint density at radius 2 is 1.73 bits per heavy atom. The van der Waals surface area contributed by atoms with Gasteiger partial charge in [0.25, 0.3) is 5.91 Å². The Morgan fingerprint density at radius 1 is 1.12 bits per heavy atom. The fourth-order valence-corrected chi connectivity index (χ4v) is 3.34. The molecule has 0 aliphatic heterocycles. The van der Waals surface area contributed by atoms with E-state index in [4.69, 9.17) is 4.74 Å². The van der Waals surface area contributed by atoms with Gasteiger partial charge in [0, 0.05) is 17.7 Å².